The Morgan fingerprint density at radius 3 is 2.43 bits per heavy atom. The number of benzene rings is 1. The lowest BCUT2D eigenvalue weighted by Crippen LogP contribution is -2.44. The number of carbonyl (C=O) groups is 2. The molecular formula is C18H26N2O3. The van der Waals surface area contributed by atoms with Crippen LogP contribution in [0.4, 0.5) is 0 Å². The van der Waals surface area contributed by atoms with Gasteiger partial charge in [0.1, 0.15) is 5.60 Å². The number of hydrogen-bond acceptors (Lipinski definition) is 4. The zero-order valence-electron chi connectivity index (χ0n) is 14.3. The van der Waals surface area contributed by atoms with E-state index in [2.05, 4.69) is 10.6 Å². The predicted molar refractivity (Wildman–Crippen MR) is 91.0 cm³/mol. The zero-order valence-corrected chi connectivity index (χ0v) is 14.3. The minimum absolute atomic E-state index is 0.0838. The summed E-state index contributed by atoms with van der Waals surface area (Å²) in [7, 11) is 1.61. The fraction of sp³-hybridized carbons (Fsp3) is 0.444. The maximum atomic E-state index is 11.9. The average Bonchev–Trinajstić information content (AvgIpc) is 2.48. The number of likely N-dealkylation sites (N-methyl/N-ethyl adjacent to an activating group) is 1. The molecule has 2 N–H and O–H groups in total. The molecule has 0 aliphatic rings. The topological polar surface area (TPSA) is 67.4 Å². The summed E-state index contributed by atoms with van der Waals surface area (Å²) in [5.74, 6) is -0.474. The Kier molecular flexibility index (Phi) is 7.48. The monoisotopic (exact) mass is 318 g/mol. The summed E-state index contributed by atoms with van der Waals surface area (Å²) in [4.78, 5) is 23.5. The molecule has 0 radical (unpaired) electrons. The van der Waals surface area contributed by atoms with Gasteiger partial charge in [0.2, 0.25) is 5.91 Å². The van der Waals surface area contributed by atoms with E-state index in [1.54, 1.807) is 13.1 Å². The van der Waals surface area contributed by atoms with E-state index in [9.17, 15) is 9.59 Å². The van der Waals surface area contributed by atoms with Crippen molar-refractivity contribution in [1.82, 2.24) is 10.6 Å². The summed E-state index contributed by atoms with van der Waals surface area (Å²) in [6, 6.07) is 9.43. The van der Waals surface area contributed by atoms with Crippen LogP contribution in [0.3, 0.4) is 0 Å². The summed E-state index contributed by atoms with van der Waals surface area (Å²) < 4.78 is 5.18. The van der Waals surface area contributed by atoms with Gasteiger partial charge >= 0.3 is 5.97 Å². The van der Waals surface area contributed by atoms with Crippen LogP contribution in [0.15, 0.2) is 42.5 Å². The van der Waals surface area contributed by atoms with E-state index < -0.39 is 5.60 Å². The molecule has 0 fully saturated rings. The Labute approximate surface area is 138 Å². The van der Waals surface area contributed by atoms with Crippen LogP contribution in [0.1, 0.15) is 26.3 Å². The number of esters is 1. The highest BCUT2D eigenvalue weighted by molar-refractivity contribution is 5.83. The molecule has 0 aliphatic heterocycles. The van der Waals surface area contributed by atoms with E-state index in [1.165, 1.54) is 6.08 Å². The van der Waals surface area contributed by atoms with Crippen molar-refractivity contribution >= 4 is 11.9 Å². The van der Waals surface area contributed by atoms with Crippen LogP contribution in [0.2, 0.25) is 0 Å². The van der Waals surface area contributed by atoms with Crippen LogP contribution < -0.4 is 10.6 Å². The van der Waals surface area contributed by atoms with Gasteiger partial charge in [0, 0.05) is 19.7 Å². The first-order valence-electron chi connectivity index (χ1n) is 7.70. The summed E-state index contributed by atoms with van der Waals surface area (Å²) in [5.41, 5.74) is 0.567. The Morgan fingerprint density at radius 1 is 1.22 bits per heavy atom. The fourth-order valence-electron chi connectivity index (χ4n) is 1.98. The molecule has 1 aromatic carbocycles. The van der Waals surface area contributed by atoms with Gasteiger partial charge in [-0.25, -0.2) is 4.79 Å². The summed E-state index contributed by atoms with van der Waals surface area (Å²) in [5, 5.41) is 5.78. The molecular weight excluding hydrogens is 292 g/mol. The minimum atomic E-state index is -0.507. The second-order valence-electron chi connectivity index (χ2n) is 6.20. The summed E-state index contributed by atoms with van der Waals surface area (Å²) >= 11 is 0. The van der Waals surface area contributed by atoms with Crippen LogP contribution in [-0.2, 0) is 20.7 Å². The van der Waals surface area contributed by atoms with Gasteiger partial charge in [0.15, 0.2) is 0 Å². The Balaban J connectivity index is 2.52. The zero-order chi connectivity index (χ0) is 17.3. The van der Waals surface area contributed by atoms with E-state index in [0.29, 0.717) is 13.0 Å². The molecule has 1 aromatic rings. The number of carbonyl (C=O) groups excluding carboxylic acids is 2. The lowest BCUT2D eigenvalue weighted by molar-refractivity contribution is -0.148. The average molecular weight is 318 g/mol. The third kappa shape index (κ3) is 8.16. The molecule has 5 heteroatoms. The number of hydrogen-bond donors (Lipinski definition) is 2. The van der Waals surface area contributed by atoms with Crippen molar-refractivity contribution in [2.45, 2.75) is 38.8 Å². The highest BCUT2D eigenvalue weighted by Gasteiger charge is 2.17. The van der Waals surface area contributed by atoms with Gasteiger partial charge in [-0.2, -0.15) is 0 Å². The summed E-state index contributed by atoms with van der Waals surface area (Å²) in [6.07, 6.45) is 3.62. The molecule has 0 heterocycles. The fourth-order valence-corrected chi connectivity index (χ4v) is 1.98. The third-order valence-corrected chi connectivity index (χ3v) is 2.99. The lowest BCUT2D eigenvalue weighted by Gasteiger charge is -2.18. The highest BCUT2D eigenvalue weighted by Crippen LogP contribution is 2.07. The maximum absolute atomic E-state index is 11.9. The van der Waals surface area contributed by atoms with Crippen molar-refractivity contribution in [3.8, 4) is 0 Å². The Bertz CT molecular complexity index is 533. The van der Waals surface area contributed by atoms with Gasteiger partial charge in [-0.3, -0.25) is 4.79 Å². The van der Waals surface area contributed by atoms with Crippen LogP contribution >= 0.6 is 0 Å². The molecule has 126 valence electrons. The summed E-state index contributed by atoms with van der Waals surface area (Å²) in [6.45, 7) is 5.86. The van der Waals surface area contributed by atoms with E-state index in [4.69, 9.17) is 4.74 Å². The molecule has 1 rings (SSSR count). The van der Waals surface area contributed by atoms with E-state index in [0.717, 1.165) is 5.56 Å². The first kappa shape index (κ1) is 18.9. The normalized spacial score (nSPS) is 12.9. The van der Waals surface area contributed by atoms with Crippen LogP contribution in [0, 0.1) is 0 Å². The standard InChI is InChI=1S/C18H26N2O3/c1-18(2,3)23-16(21)11-8-12-20-15(17(22)19-4)13-14-9-6-5-7-10-14/h5-11,15,20H,12-13H2,1-4H3,(H,19,22)/t15-/m0/s1. The van der Waals surface area contributed by atoms with E-state index in [-0.39, 0.29) is 17.9 Å². The van der Waals surface area contributed by atoms with Crippen molar-refractivity contribution in [3.05, 3.63) is 48.0 Å². The lowest BCUT2D eigenvalue weighted by atomic mass is 10.1. The largest absolute Gasteiger partial charge is 0.457 e. The molecule has 0 aromatic heterocycles. The number of nitrogens with one attached hydrogen (secondary N) is 2. The predicted octanol–water partition coefficient (Wildman–Crippen LogP) is 1.83. The molecule has 0 saturated heterocycles. The molecule has 0 unspecified atom stereocenters. The SMILES string of the molecule is CNC(=O)[C@H](Cc1ccccc1)NCC=CC(=O)OC(C)(C)C. The molecule has 1 atom stereocenters. The van der Waals surface area contributed by atoms with Crippen molar-refractivity contribution in [3.63, 3.8) is 0 Å². The smallest absolute Gasteiger partial charge is 0.330 e. The van der Waals surface area contributed by atoms with Crippen LogP contribution in [0.5, 0.6) is 0 Å². The molecule has 0 bridgehead atoms. The molecule has 0 spiro atoms. The first-order valence-corrected chi connectivity index (χ1v) is 7.70. The first-order chi connectivity index (χ1) is 10.8. The second kappa shape index (κ2) is 9.10. The number of ether oxygens (including phenoxy) is 1. The van der Waals surface area contributed by atoms with Crippen molar-refractivity contribution in [2.24, 2.45) is 0 Å². The Morgan fingerprint density at radius 2 is 1.87 bits per heavy atom. The minimum Gasteiger partial charge on any atom is -0.457 e. The molecule has 0 saturated carbocycles. The molecule has 1 amide bonds. The quantitative estimate of drug-likeness (QED) is 0.594. The van der Waals surface area contributed by atoms with Crippen LogP contribution in [0.25, 0.3) is 0 Å². The highest BCUT2D eigenvalue weighted by atomic mass is 16.6. The van der Waals surface area contributed by atoms with Crippen molar-refractivity contribution in [2.75, 3.05) is 13.6 Å². The number of rotatable bonds is 7. The molecule has 0 aliphatic carbocycles. The van der Waals surface area contributed by atoms with E-state index in [1.807, 2.05) is 51.1 Å². The van der Waals surface area contributed by atoms with Crippen molar-refractivity contribution < 1.29 is 14.3 Å². The van der Waals surface area contributed by atoms with Gasteiger partial charge in [-0.05, 0) is 32.8 Å². The number of amides is 1. The maximum Gasteiger partial charge on any atom is 0.330 e. The van der Waals surface area contributed by atoms with Gasteiger partial charge in [-0.1, -0.05) is 36.4 Å². The molecule has 5 nitrogen and oxygen atoms in total. The van der Waals surface area contributed by atoms with Gasteiger partial charge < -0.3 is 15.4 Å². The second-order valence-corrected chi connectivity index (χ2v) is 6.20. The van der Waals surface area contributed by atoms with Gasteiger partial charge in [0.25, 0.3) is 0 Å². The van der Waals surface area contributed by atoms with E-state index >= 15 is 0 Å². The van der Waals surface area contributed by atoms with Crippen molar-refractivity contribution in [1.29, 1.82) is 0 Å². The Hall–Kier alpha value is -2.14. The molecule has 23 heavy (non-hydrogen) atoms. The van der Waals surface area contributed by atoms with Crippen LogP contribution in [-0.4, -0.2) is 37.1 Å². The third-order valence-electron chi connectivity index (χ3n) is 2.99. The van der Waals surface area contributed by atoms with Gasteiger partial charge in [0.05, 0.1) is 6.04 Å². The van der Waals surface area contributed by atoms with Gasteiger partial charge in [-0.15, -0.1) is 0 Å².